The van der Waals surface area contributed by atoms with Crippen LogP contribution in [-0.2, 0) is 4.79 Å². The van der Waals surface area contributed by atoms with Gasteiger partial charge in [0.05, 0.1) is 16.3 Å². The fraction of sp³-hybridized carbons (Fsp3) is 0.125. The molecule has 1 N–H and O–H groups in total. The summed E-state index contributed by atoms with van der Waals surface area (Å²) in [6, 6.07) is 12.1. The molecule has 0 spiro atoms. The molecule has 6 heteroatoms. The van der Waals surface area contributed by atoms with E-state index in [1.807, 2.05) is 54.1 Å². The molecule has 0 bridgehead atoms. The standard InChI is InChI=1S/C16H14N2OS3/c1-11-5-2-3-6-13(11)21-10-15(19)18-16-17-12(9-22-16)14-7-4-8-20-14/h2-9H,10H2,1H3,(H,17,18,19). The number of thiazole rings is 1. The molecule has 3 rings (SSSR count). The van der Waals surface area contributed by atoms with Crippen molar-refractivity contribution in [1.82, 2.24) is 4.98 Å². The summed E-state index contributed by atoms with van der Waals surface area (Å²) in [5.74, 6) is 0.360. The SMILES string of the molecule is Cc1ccccc1SCC(=O)Nc1nc(-c2cccs2)cs1. The van der Waals surface area contributed by atoms with E-state index < -0.39 is 0 Å². The Hall–Kier alpha value is -1.63. The number of aromatic nitrogens is 1. The Kier molecular flexibility index (Phi) is 4.92. The van der Waals surface area contributed by atoms with Crippen molar-refractivity contribution in [2.45, 2.75) is 11.8 Å². The van der Waals surface area contributed by atoms with Gasteiger partial charge in [0.1, 0.15) is 0 Å². The number of carbonyl (C=O) groups is 1. The van der Waals surface area contributed by atoms with E-state index in [9.17, 15) is 4.79 Å². The van der Waals surface area contributed by atoms with Gasteiger partial charge in [-0.25, -0.2) is 4.98 Å². The molecule has 22 heavy (non-hydrogen) atoms. The van der Waals surface area contributed by atoms with Crippen LogP contribution < -0.4 is 5.32 Å². The molecule has 0 aliphatic carbocycles. The third-order valence-electron chi connectivity index (χ3n) is 2.98. The van der Waals surface area contributed by atoms with Gasteiger partial charge in [0.25, 0.3) is 0 Å². The summed E-state index contributed by atoms with van der Waals surface area (Å²) in [6.07, 6.45) is 0. The van der Waals surface area contributed by atoms with Crippen molar-refractivity contribution in [2.24, 2.45) is 0 Å². The van der Waals surface area contributed by atoms with Crippen molar-refractivity contribution >= 4 is 45.5 Å². The summed E-state index contributed by atoms with van der Waals surface area (Å²) in [5.41, 5.74) is 2.11. The first-order chi connectivity index (χ1) is 10.7. The number of amides is 1. The van der Waals surface area contributed by atoms with E-state index >= 15 is 0 Å². The maximum Gasteiger partial charge on any atom is 0.236 e. The molecule has 1 aromatic carbocycles. The molecular weight excluding hydrogens is 332 g/mol. The predicted octanol–water partition coefficient (Wildman–Crippen LogP) is 4.91. The highest BCUT2D eigenvalue weighted by Crippen LogP contribution is 2.28. The maximum atomic E-state index is 12.0. The van der Waals surface area contributed by atoms with Crippen LogP contribution in [0.25, 0.3) is 10.6 Å². The van der Waals surface area contributed by atoms with Gasteiger partial charge in [-0.2, -0.15) is 0 Å². The predicted molar refractivity (Wildman–Crippen MR) is 96.0 cm³/mol. The van der Waals surface area contributed by atoms with Crippen molar-refractivity contribution in [3.05, 3.63) is 52.7 Å². The van der Waals surface area contributed by atoms with Crippen LogP contribution in [0.2, 0.25) is 0 Å². The van der Waals surface area contributed by atoms with Crippen molar-refractivity contribution in [3.63, 3.8) is 0 Å². The Balaban J connectivity index is 1.57. The quantitative estimate of drug-likeness (QED) is 0.667. The van der Waals surface area contributed by atoms with E-state index in [1.165, 1.54) is 16.9 Å². The summed E-state index contributed by atoms with van der Waals surface area (Å²) >= 11 is 4.65. The molecule has 0 aliphatic rings. The summed E-state index contributed by atoms with van der Waals surface area (Å²) in [7, 11) is 0. The number of aryl methyl sites for hydroxylation is 1. The molecular formula is C16H14N2OS3. The summed E-state index contributed by atoms with van der Waals surface area (Å²) in [5, 5.41) is 7.51. The molecule has 0 aliphatic heterocycles. The minimum Gasteiger partial charge on any atom is -0.301 e. The zero-order chi connectivity index (χ0) is 15.4. The fourth-order valence-electron chi connectivity index (χ4n) is 1.89. The number of hydrogen-bond donors (Lipinski definition) is 1. The average molecular weight is 347 g/mol. The summed E-state index contributed by atoms with van der Waals surface area (Å²) in [4.78, 5) is 18.7. The Morgan fingerprint density at radius 3 is 2.86 bits per heavy atom. The number of benzene rings is 1. The van der Waals surface area contributed by atoms with Gasteiger partial charge in [-0.1, -0.05) is 24.3 Å². The lowest BCUT2D eigenvalue weighted by atomic mass is 10.2. The van der Waals surface area contributed by atoms with Crippen molar-refractivity contribution < 1.29 is 4.79 Å². The van der Waals surface area contributed by atoms with Gasteiger partial charge >= 0.3 is 0 Å². The molecule has 0 saturated carbocycles. The third kappa shape index (κ3) is 3.76. The van der Waals surface area contributed by atoms with E-state index in [1.54, 1.807) is 23.1 Å². The monoisotopic (exact) mass is 346 g/mol. The number of hydrogen-bond acceptors (Lipinski definition) is 5. The van der Waals surface area contributed by atoms with Gasteiger partial charge in [0.2, 0.25) is 5.91 Å². The Bertz CT molecular complexity index is 765. The highest BCUT2D eigenvalue weighted by atomic mass is 32.2. The number of nitrogens with zero attached hydrogens (tertiary/aromatic N) is 1. The largest absolute Gasteiger partial charge is 0.301 e. The molecule has 1 amide bonds. The van der Waals surface area contributed by atoms with E-state index in [0.29, 0.717) is 10.9 Å². The molecule has 3 nitrogen and oxygen atoms in total. The zero-order valence-electron chi connectivity index (χ0n) is 11.9. The first-order valence-electron chi connectivity index (χ1n) is 6.70. The van der Waals surface area contributed by atoms with Crippen LogP contribution in [-0.4, -0.2) is 16.6 Å². The number of rotatable bonds is 5. The maximum absolute atomic E-state index is 12.0. The molecule has 0 unspecified atom stereocenters. The van der Waals surface area contributed by atoms with E-state index in [0.717, 1.165) is 15.5 Å². The van der Waals surface area contributed by atoms with Crippen LogP contribution in [0.3, 0.4) is 0 Å². The number of anilines is 1. The summed E-state index contributed by atoms with van der Waals surface area (Å²) in [6.45, 7) is 2.05. The highest BCUT2D eigenvalue weighted by molar-refractivity contribution is 8.00. The van der Waals surface area contributed by atoms with Crippen molar-refractivity contribution in [2.75, 3.05) is 11.1 Å². The van der Waals surface area contributed by atoms with Crippen molar-refractivity contribution in [3.8, 4) is 10.6 Å². The molecule has 3 aromatic rings. The van der Waals surface area contributed by atoms with Crippen LogP contribution in [0.1, 0.15) is 5.56 Å². The van der Waals surface area contributed by atoms with Crippen LogP contribution >= 0.6 is 34.4 Å². The second-order valence-electron chi connectivity index (χ2n) is 4.62. The lowest BCUT2D eigenvalue weighted by Gasteiger charge is -2.04. The van der Waals surface area contributed by atoms with Gasteiger partial charge < -0.3 is 5.32 Å². The smallest absolute Gasteiger partial charge is 0.236 e. The van der Waals surface area contributed by atoms with Crippen molar-refractivity contribution in [1.29, 1.82) is 0 Å². The van der Waals surface area contributed by atoms with Crippen LogP contribution in [0, 0.1) is 6.92 Å². The second-order valence-corrected chi connectivity index (χ2v) is 7.44. The Morgan fingerprint density at radius 2 is 2.09 bits per heavy atom. The number of thiophene rings is 1. The van der Waals surface area contributed by atoms with Gasteiger partial charge in [0, 0.05) is 10.3 Å². The molecule has 2 heterocycles. The Labute approximate surface area is 141 Å². The Morgan fingerprint density at radius 1 is 1.23 bits per heavy atom. The zero-order valence-corrected chi connectivity index (χ0v) is 14.4. The van der Waals surface area contributed by atoms with Gasteiger partial charge in [-0.05, 0) is 30.0 Å². The fourth-order valence-corrected chi connectivity index (χ4v) is 4.20. The molecule has 112 valence electrons. The molecule has 0 atom stereocenters. The molecule has 2 aromatic heterocycles. The second kappa shape index (κ2) is 7.09. The number of carbonyl (C=O) groups excluding carboxylic acids is 1. The summed E-state index contributed by atoms with van der Waals surface area (Å²) < 4.78 is 0. The van der Waals surface area contributed by atoms with Crippen LogP contribution in [0.4, 0.5) is 5.13 Å². The minimum absolute atomic E-state index is 0.0275. The topological polar surface area (TPSA) is 42.0 Å². The van der Waals surface area contributed by atoms with Crippen LogP contribution in [0.5, 0.6) is 0 Å². The van der Waals surface area contributed by atoms with Gasteiger partial charge in [-0.3, -0.25) is 4.79 Å². The van der Waals surface area contributed by atoms with E-state index in [4.69, 9.17) is 0 Å². The van der Waals surface area contributed by atoms with Crippen LogP contribution in [0.15, 0.2) is 52.1 Å². The van der Waals surface area contributed by atoms with Gasteiger partial charge in [0.15, 0.2) is 5.13 Å². The van der Waals surface area contributed by atoms with E-state index in [-0.39, 0.29) is 5.91 Å². The first-order valence-corrected chi connectivity index (χ1v) is 9.44. The number of thioether (sulfide) groups is 1. The molecule has 0 fully saturated rings. The normalized spacial score (nSPS) is 10.6. The van der Waals surface area contributed by atoms with Gasteiger partial charge in [-0.15, -0.1) is 34.4 Å². The average Bonchev–Trinajstić information content (AvgIpc) is 3.17. The lowest BCUT2D eigenvalue weighted by Crippen LogP contribution is -2.13. The number of nitrogens with one attached hydrogen (secondary N) is 1. The molecule has 0 saturated heterocycles. The van der Waals surface area contributed by atoms with E-state index in [2.05, 4.69) is 10.3 Å². The minimum atomic E-state index is -0.0275. The molecule has 0 radical (unpaired) electrons. The highest BCUT2D eigenvalue weighted by Gasteiger charge is 2.09. The third-order valence-corrected chi connectivity index (χ3v) is 5.80. The lowest BCUT2D eigenvalue weighted by molar-refractivity contribution is -0.113. The first kappa shape index (κ1) is 15.3.